The Morgan fingerprint density at radius 2 is 1.30 bits per heavy atom. The van der Waals surface area contributed by atoms with Gasteiger partial charge in [-0.1, -0.05) is 77.4 Å². The van der Waals surface area contributed by atoms with Gasteiger partial charge in [0.05, 0.1) is 0 Å². The summed E-state index contributed by atoms with van der Waals surface area (Å²) in [6, 6.07) is 16.1. The van der Waals surface area contributed by atoms with Crippen molar-refractivity contribution in [2.75, 3.05) is 0 Å². The lowest BCUT2D eigenvalue weighted by Crippen LogP contribution is -2.29. The second-order valence-corrected chi connectivity index (χ2v) is 10.6. The number of rotatable bonds is 5. The third-order valence-corrected chi connectivity index (χ3v) is 6.85. The van der Waals surface area contributed by atoms with Gasteiger partial charge in [-0.3, -0.25) is 0 Å². The van der Waals surface area contributed by atoms with Crippen molar-refractivity contribution in [3.05, 3.63) is 88.4 Å². The van der Waals surface area contributed by atoms with Gasteiger partial charge >= 0.3 is 0 Å². The third-order valence-electron chi connectivity index (χ3n) is 6.85. The Kier molecular flexibility index (Phi) is 6.22. The average Bonchev–Trinajstić information content (AvgIpc) is 3.15. The molecular weight excluding hydrogens is 400 g/mol. The molecule has 0 aliphatic heterocycles. The van der Waals surface area contributed by atoms with Crippen molar-refractivity contribution < 1.29 is 4.57 Å². The van der Waals surface area contributed by atoms with Crippen molar-refractivity contribution in [1.82, 2.24) is 4.40 Å². The maximum absolute atomic E-state index is 2.45. The Balaban J connectivity index is 2.03. The van der Waals surface area contributed by atoms with Crippen molar-refractivity contribution in [2.24, 2.45) is 0 Å². The molecule has 0 atom stereocenters. The van der Waals surface area contributed by atoms with Gasteiger partial charge in [-0.15, -0.1) is 0 Å². The van der Waals surface area contributed by atoms with Crippen LogP contribution in [0.2, 0.25) is 0 Å². The number of hydrogen-bond acceptors (Lipinski definition) is 0. The van der Waals surface area contributed by atoms with Gasteiger partial charge in [-0.2, -0.15) is 4.40 Å². The molecule has 0 N–H and O–H groups in total. The van der Waals surface area contributed by atoms with E-state index in [4.69, 9.17) is 0 Å². The van der Waals surface area contributed by atoms with Gasteiger partial charge in [-0.05, 0) is 78.5 Å². The van der Waals surface area contributed by atoms with E-state index in [1.807, 2.05) is 0 Å². The second kappa shape index (κ2) is 8.82. The number of benzene rings is 2. The van der Waals surface area contributed by atoms with Crippen LogP contribution in [0.5, 0.6) is 0 Å². The number of fused-ring (bicyclic) bond motifs is 1. The fraction of sp³-hybridized carbons (Fsp3) is 0.387. The molecule has 2 aromatic carbocycles. The van der Waals surface area contributed by atoms with Crippen molar-refractivity contribution in [3.8, 4) is 16.9 Å². The number of aryl methyl sites for hydroxylation is 3. The van der Waals surface area contributed by atoms with Crippen LogP contribution in [-0.2, 0) is 0 Å². The zero-order chi connectivity index (χ0) is 24.0. The minimum atomic E-state index is 0.454. The van der Waals surface area contributed by atoms with Crippen LogP contribution < -0.4 is 4.57 Å². The summed E-state index contributed by atoms with van der Waals surface area (Å²) in [5.41, 5.74) is 13.4. The summed E-state index contributed by atoms with van der Waals surface area (Å²) in [6.07, 6.45) is 4.53. The Morgan fingerprint density at radius 1 is 0.727 bits per heavy atom. The van der Waals surface area contributed by atoms with Gasteiger partial charge in [0, 0.05) is 5.56 Å². The Morgan fingerprint density at radius 3 is 1.82 bits per heavy atom. The molecule has 0 saturated heterocycles. The Bertz CT molecular complexity index is 1270. The smallest absolute Gasteiger partial charge is 0.201 e. The molecule has 0 fully saturated rings. The number of hydrogen-bond donors (Lipinski definition) is 0. The quantitative estimate of drug-likeness (QED) is 0.277. The van der Waals surface area contributed by atoms with Crippen LogP contribution in [0.3, 0.4) is 0 Å². The standard InChI is InChI=1S/C31H39N2/c1-19(2)25-15-27(20(3)4)30(28(16-25)21(5)6)29-12-10-11-26-17-32(18-33(26)29)31-23(8)13-22(7)14-24(31)9/h10-21H,1-9H3/q+1. The highest BCUT2D eigenvalue weighted by Gasteiger charge is 2.24. The van der Waals surface area contributed by atoms with Gasteiger partial charge < -0.3 is 0 Å². The normalized spacial score (nSPS) is 12.0. The lowest BCUT2D eigenvalue weighted by atomic mass is 9.83. The van der Waals surface area contributed by atoms with E-state index in [2.05, 4.69) is 126 Å². The highest BCUT2D eigenvalue weighted by molar-refractivity contribution is 5.73. The molecule has 2 aromatic heterocycles. The van der Waals surface area contributed by atoms with E-state index in [0.717, 1.165) is 0 Å². The maximum atomic E-state index is 2.45. The van der Waals surface area contributed by atoms with Gasteiger partial charge in [0.25, 0.3) is 6.33 Å². The Hall–Kier alpha value is -2.87. The molecule has 2 nitrogen and oxygen atoms in total. The number of nitrogens with zero attached hydrogens (tertiary/aromatic N) is 2. The predicted octanol–water partition coefficient (Wildman–Crippen LogP) is 8.18. The molecular formula is C31H39N2+. The molecule has 2 heterocycles. The molecule has 33 heavy (non-hydrogen) atoms. The van der Waals surface area contributed by atoms with E-state index < -0.39 is 0 Å². The zero-order valence-corrected chi connectivity index (χ0v) is 21.8. The molecule has 2 heteroatoms. The molecule has 0 saturated carbocycles. The Labute approximate surface area is 199 Å². The highest BCUT2D eigenvalue weighted by Crippen LogP contribution is 2.39. The SMILES string of the molecule is Cc1cc(C)c(-[n+]2cc3cccc(-c4c(C(C)C)cc(C(C)C)cc4C(C)C)n3c2)c(C)c1. The number of imidazole rings is 1. The molecule has 4 rings (SSSR count). The van der Waals surface area contributed by atoms with Gasteiger partial charge in [0.1, 0.15) is 17.6 Å². The lowest BCUT2D eigenvalue weighted by molar-refractivity contribution is -0.594. The van der Waals surface area contributed by atoms with Crippen LogP contribution in [-0.4, -0.2) is 4.40 Å². The first-order valence-electron chi connectivity index (χ1n) is 12.4. The van der Waals surface area contributed by atoms with Crippen LogP contribution >= 0.6 is 0 Å². The van der Waals surface area contributed by atoms with E-state index in [9.17, 15) is 0 Å². The van der Waals surface area contributed by atoms with E-state index in [0.29, 0.717) is 17.8 Å². The van der Waals surface area contributed by atoms with E-state index in [1.54, 1.807) is 0 Å². The molecule has 0 unspecified atom stereocenters. The van der Waals surface area contributed by atoms with E-state index >= 15 is 0 Å². The third kappa shape index (κ3) is 4.24. The van der Waals surface area contributed by atoms with Gasteiger partial charge in [0.15, 0.2) is 5.52 Å². The lowest BCUT2D eigenvalue weighted by Gasteiger charge is -2.22. The molecule has 0 aliphatic carbocycles. The summed E-state index contributed by atoms with van der Waals surface area (Å²) in [5.74, 6) is 1.43. The second-order valence-electron chi connectivity index (χ2n) is 10.6. The highest BCUT2D eigenvalue weighted by atomic mass is 15.1. The van der Waals surface area contributed by atoms with E-state index in [1.165, 1.54) is 55.8 Å². The number of aromatic nitrogens is 2. The van der Waals surface area contributed by atoms with Gasteiger partial charge in [-0.25, -0.2) is 4.57 Å². The predicted molar refractivity (Wildman–Crippen MR) is 141 cm³/mol. The van der Waals surface area contributed by atoms with Crippen molar-refractivity contribution >= 4 is 5.52 Å². The first kappa shape index (κ1) is 23.3. The minimum Gasteiger partial charge on any atom is -0.201 e. The van der Waals surface area contributed by atoms with Crippen LogP contribution in [0.25, 0.3) is 22.5 Å². The first-order chi connectivity index (χ1) is 15.6. The monoisotopic (exact) mass is 439 g/mol. The maximum Gasteiger partial charge on any atom is 0.254 e. The summed E-state index contributed by atoms with van der Waals surface area (Å²) in [5, 5.41) is 0. The molecule has 0 aliphatic rings. The molecule has 0 amide bonds. The zero-order valence-electron chi connectivity index (χ0n) is 21.8. The van der Waals surface area contributed by atoms with Crippen LogP contribution in [0.1, 0.15) is 92.7 Å². The fourth-order valence-electron chi connectivity index (χ4n) is 5.23. The summed E-state index contributed by atoms with van der Waals surface area (Å²) >= 11 is 0. The summed E-state index contributed by atoms with van der Waals surface area (Å²) < 4.78 is 4.68. The first-order valence-corrected chi connectivity index (χ1v) is 12.4. The molecule has 0 radical (unpaired) electrons. The van der Waals surface area contributed by atoms with Crippen LogP contribution in [0, 0.1) is 20.8 Å². The summed E-state index contributed by atoms with van der Waals surface area (Å²) in [7, 11) is 0. The van der Waals surface area contributed by atoms with E-state index in [-0.39, 0.29) is 0 Å². The van der Waals surface area contributed by atoms with Crippen LogP contribution in [0.4, 0.5) is 0 Å². The molecule has 0 bridgehead atoms. The van der Waals surface area contributed by atoms with Crippen molar-refractivity contribution in [3.63, 3.8) is 0 Å². The minimum absolute atomic E-state index is 0.454. The molecule has 4 aromatic rings. The van der Waals surface area contributed by atoms with Crippen molar-refractivity contribution in [1.29, 1.82) is 0 Å². The largest absolute Gasteiger partial charge is 0.254 e. The fourth-order valence-corrected chi connectivity index (χ4v) is 5.23. The summed E-state index contributed by atoms with van der Waals surface area (Å²) in [6.45, 7) is 20.5. The van der Waals surface area contributed by atoms with Gasteiger partial charge in [0.2, 0.25) is 0 Å². The molecule has 172 valence electrons. The van der Waals surface area contributed by atoms with Crippen LogP contribution in [0.15, 0.2) is 55.0 Å². The summed E-state index contributed by atoms with van der Waals surface area (Å²) in [4.78, 5) is 0. The topological polar surface area (TPSA) is 8.29 Å². The molecule has 0 spiro atoms. The average molecular weight is 440 g/mol. The van der Waals surface area contributed by atoms with Crippen molar-refractivity contribution in [2.45, 2.75) is 80.1 Å². The number of pyridine rings is 1.